The molecule has 0 unspecified atom stereocenters. The van der Waals surface area contributed by atoms with Crippen LogP contribution >= 0.6 is 0 Å². The van der Waals surface area contributed by atoms with Crippen molar-refractivity contribution in [2.75, 3.05) is 0 Å². The molecule has 5 heteroatoms. The van der Waals surface area contributed by atoms with Crippen molar-refractivity contribution < 1.29 is 31.6 Å². The molecular weight excluding hydrogens is 157 g/mol. The quantitative estimate of drug-likeness (QED) is 0.357. The normalized spacial score (nSPS) is 7.00. The van der Waals surface area contributed by atoms with Crippen LogP contribution in [-0.4, -0.2) is 13.3 Å². The first-order valence-corrected chi connectivity index (χ1v) is 5.17. The van der Waals surface area contributed by atoms with E-state index in [2.05, 4.69) is 5.52 Å². The molecule has 0 aromatic carbocycles. The topological polar surface area (TPSA) is 63.2 Å². The zero-order valence-electron chi connectivity index (χ0n) is 3.34. The first kappa shape index (κ1) is 9.85. The van der Waals surface area contributed by atoms with Crippen LogP contribution in [0.5, 0.6) is 0 Å². The molecule has 0 fully saturated rings. The van der Waals surface area contributed by atoms with Gasteiger partial charge in [0.05, 0.1) is 0 Å². The van der Waals surface area contributed by atoms with Crippen molar-refractivity contribution in [1.82, 2.24) is 0 Å². The second kappa shape index (κ2) is 9.19. The van der Waals surface area contributed by atoms with Crippen LogP contribution in [0, 0.1) is 0 Å². The predicted octanol–water partition coefficient (Wildman–Crippen LogP) is -0.423. The van der Waals surface area contributed by atoms with E-state index in [9.17, 15) is 0 Å². The van der Waals surface area contributed by atoms with E-state index in [-0.39, 0.29) is 0 Å². The van der Waals surface area contributed by atoms with Crippen LogP contribution in [0.15, 0.2) is 0 Å². The van der Waals surface area contributed by atoms with Crippen LogP contribution in [0.4, 0.5) is 0 Å². The Morgan fingerprint density at radius 1 is 1.50 bits per heavy atom. The maximum atomic E-state index is 8.44. The van der Waals surface area contributed by atoms with Crippen molar-refractivity contribution in [3.63, 3.8) is 0 Å². The van der Waals surface area contributed by atoms with Gasteiger partial charge in [0.1, 0.15) is 0 Å². The van der Waals surface area contributed by atoms with E-state index in [4.69, 9.17) is 13.3 Å². The van der Waals surface area contributed by atoms with E-state index < -0.39 is 11.4 Å². The molecule has 0 saturated heterocycles. The first-order chi connectivity index (χ1) is 2.73. The molecule has 0 amide bonds. The van der Waals surface area contributed by atoms with Crippen molar-refractivity contribution in [3.05, 3.63) is 0 Å². The van der Waals surface area contributed by atoms with Crippen LogP contribution in [0.3, 0.4) is 0 Å². The molecule has 33 valence electrons. The summed E-state index contributed by atoms with van der Waals surface area (Å²) in [6.45, 7) is 0. The summed E-state index contributed by atoms with van der Waals surface area (Å²) in [4.78, 5) is 0. The molecule has 0 aromatic rings. The van der Waals surface area contributed by atoms with Gasteiger partial charge in [0.15, 0.2) is 0 Å². The monoisotopic (exact) mass is 159 g/mol. The fourth-order valence-electron chi connectivity index (χ4n) is 0. The van der Waals surface area contributed by atoms with Crippen molar-refractivity contribution in [2.24, 2.45) is 0 Å². The van der Waals surface area contributed by atoms with Crippen LogP contribution in [-0.2, 0) is 29.7 Å². The minimum absolute atomic E-state index is 1.38. The first-order valence-electron chi connectivity index (χ1n) is 1.21. The molecular formula is CH3O3SZn. The third-order valence-electron chi connectivity index (χ3n) is 0. The Morgan fingerprint density at radius 2 is 1.50 bits per heavy atom. The van der Waals surface area contributed by atoms with Gasteiger partial charge < -0.3 is 9.11 Å². The SMILES string of the molecule is O=S([O-])[O-].[CH3][Zn+2]. The molecule has 0 spiro atoms. The van der Waals surface area contributed by atoms with Crippen LogP contribution in [0.2, 0.25) is 5.52 Å². The van der Waals surface area contributed by atoms with E-state index in [0.717, 1.165) is 0 Å². The van der Waals surface area contributed by atoms with E-state index in [1.54, 1.807) is 0 Å². The summed E-state index contributed by atoms with van der Waals surface area (Å²) < 4.78 is 25.3. The van der Waals surface area contributed by atoms with E-state index >= 15 is 0 Å². The molecule has 0 aliphatic carbocycles. The molecule has 0 aliphatic rings. The van der Waals surface area contributed by atoms with Gasteiger partial charge in [-0.1, -0.05) is 0 Å². The molecule has 0 rings (SSSR count). The van der Waals surface area contributed by atoms with E-state index in [1.807, 2.05) is 0 Å². The summed E-state index contributed by atoms with van der Waals surface area (Å²) in [5.74, 6) is 0. The van der Waals surface area contributed by atoms with Crippen LogP contribution in [0.25, 0.3) is 0 Å². The third-order valence-corrected chi connectivity index (χ3v) is 0. The van der Waals surface area contributed by atoms with Gasteiger partial charge in [-0.05, 0) is 0 Å². The second-order valence-corrected chi connectivity index (χ2v) is 0.612. The molecule has 0 atom stereocenters. The van der Waals surface area contributed by atoms with Crippen molar-refractivity contribution in [1.29, 1.82) is 0 Å². The Labute approximate surface area is 48.9 Å². The Hall–Kier alpha value is 0.693. The molecule has 0 aliphatic heterocycles. The molecule has 0 bridgehead atoms. The maximum absolute atomic E-state index is 8.44. The van der Waals surface area contributed by atoms with Crippen LogP contribution in [0.1, 0.15) is 0 Å². The third kappa shape index (κ3) is 133. The molecule has 0 heterocycles. The van der Waals surface area contributed by atoms with Gasteiger partial charge in [0.2, 0.25) is 0 Å². The Bertz CT molecular complexity index is 33.8. The van der Waals surface area contributed by atoms with Gasteiger partial charge in [0, 0.05) is 0 Å². The average Bonchev–Trinajstić information content (AvgIpc) is 1.41. The molecule has 6 heavy (non-hydrogen) atoms. The van der Waals surface area contributed by atoms with Gasteiger partial charge in [-0.25, -0.2) is 0 Å². The summed E-state index contributed by atoms with van der Waals surface area (Å²) in [7, 11) is 0. The molecule has 3 nitrogen and oxygen atoms in total. The predicted molar refractivity (Wildman–Crippen MR) is 15.6 cm³/mol. The number of hydrogen-bond acceptors (Lipinski definition) is 3. The standard InChI is InChI=1S/CH3.H2O3S.Zn/c;1-4(2)3;/h1H3;(H2,1,2,3);/q;;+2/p-2. The molecule has 0 radical (unpaired) electrons. The minimum atomic E-state index is -3.11. The summed E-state index contributed by atoms with van der Waals surface area (Å²) in [6, 6.07) is 0. The summed E-state index contributed by atoms with van der Waals surface area (Å²) in [6.07, 6.45) is 0. The fourth-order valence-corrected chi connectivity index (χ4v) is 0. The van der Waals surface area contributed by atoms with Crippen molar-refractivity contribution >= 4 is 11.4 Å². The number of hydrogen-bond donors (Lipinski definition) is 0. The van der Waals surface area contributed by atoms with Gasteiger partial charge in [-0.3, -0.25) is 4.21 Å². The van der Waals surface area contributed by atoms with Gasteiger partial charge in [-0.15, -0.1) is 11.4 Å². The second-order valence-electron chi connectivity index (χ2n) is 0.204. The van der Waals surface area contributed by atoms with E-state index in [1.165, 1.54) is 18.3 Å². The van der Waals surface area contributed by atoms with E-state index in [0.29, 0.717) is 0 Å². The fraction of sp³-hybridized carbons (Fsp3) is 1.00. The van der Waals surface area contributed by atoms with Crippen molar-refractivity contribution in [3.8, 4) is 0 Å². The van der Waals surface area contributed by atoms with Gasteiger partial charge in [-0.2, -0.15) is 0 Å². The van der Waals surface area contributed by atoms with Crippen LogP contribution < -0.4 is 0 Å². The number of rotatable bonds is 0. The Balaban J connectivity index is 0. The molecule has 0 aromatic heterocycles. The van der Waals surface area contributed by atoms with Gasteiger partial charge in [0.25, 0.3) is 0 Å². The zero-order chi connectivity index (χ0) is 5.58. The summed E-state index contributed by atoms with van der Waals surface area (Å²) in [5, 5.41) is 0. The van der Waals surface area contributed by atoms with Gasteiger partial charge >= 0.3 is 23.8 Å². The molecule has 0 N–H and O–H groups in total. The average molecular weight is 160 g/mol. The molecule has 0 saturated carbocycles. The Kier molecular flexibility index (Phi) is 15.1. The zero-order valence-corrected chi connectivity index (χ0v) is 7.12. The summed E-state index contributed by atoms with van der Waals surface area (Å²) >= 11 is -1.74. The Morgan fingerprint density at radius 3 is 1.50 bits per heavy atom. The van der Waals surface area contributed by atoms with Crippen molar-refractivity contribution in [2.45, 2.75) is 5.52 Å². The summed E-state index contributed by atoms with van der Waals surface area (Å²) in [5.41, 5.74) is 2.12.